The van der Waals surface area contributed by atoms with Gasteiger partial charge in [-0.2, -0.15) is 0 Å². The Morgan fingerprint density at radius 3 is 2.53 bits per heavy atom. The number of aryl methyl sites for hydroxylation is 2. The molecule has 0 aliphatic carbocycles. The number of nitrogens with zero attached hydrogens (tertiary/aromatic N) is 1. The van der Waals surface area contributed by atoms with Crippen LogP contribution in [0.5, 0.6) is 0 Å². The van der Waals surface area contributed by atoms with Gasteiger partial charge in [0, 0.05) is 11.4 Å². The lowest BCUT2D eigenvalue weighted by atomic mass is 10.2. The van der Waals surface area contributed by atoms with Crippen molar-refractivity contribution in [2.45, 2.75) is 24.5 Å². The maximum atomic E-state index is 12.4. The van der Waals surface area contributed by atoms with Gasteiger partial charge in [-0.05, 0) is 49.7 Å². The Balaban J connectivity index is 2.38. The Morgan fingerprint density at radius 2 is 1.89 bits per heavy atom. The minimum atomic E-state index is -3.40. The van der Waals surface area contributed by atoms with E-state index in [2.05, 4.69) is 4.98 Å². The molecule has 0 unspecified atom stereocenters. The molecule has 0 aliphatic rings. The van der Waals surface area contributed by atoms with Crippen LogP contribution < -0.4 is 5.73 Å². The van der Waals surface area contributed by atoms with Crippen molar-refractivity contribution in [1.29, 1.82) is 0 Å². The smallest absolute Gasteiger partial charge is 0.184 e. The first kappa shape index (κ1) is 13.5. The molecule has 1 aromatic heterocycles. The highest BCUT2D eigenvalue weighted by molar-refractivity contribution is 7.90. The summed E-state index contributed by atoms with van der Waals surface area (Å²) >= 11 is 0. The number of hydrogen-bond acceptors (Lipinski definition) is 4. The highest BCUT2D eigenvalue weighted by Crippen LogP contribution is 2.21. The topological polar surface area (TPSA) is 73.0 Å². The Kier molecular flexibility index (Phi) is 3.57. The third-order valence-electron chi connectivity index (χ3n) is 2.82. The third kappa shape index (κ3) is 3.12. The predicted octanol–water partition coefficient (Wildman–Crippen LogP) is 2.25. The van der Waals surface area contributed by atoms with Gasteiger partial charge in [0.15, 0.2) is 9.84 Å². The minimum absolute atomic E-state index is 0.0978. The standard InChI is InChI=1S/C14H16N2O2S/c1-10-8-12(15)6-7-14(10)19(17,18)9-13-5-3-4-11(2)16-13/h3-8H,9,15H2,1-2H3. The maximum Gasteiger partial charge on any atom is 0.184 e. The molecule has 100 valence electrons. The summed E-state index contributed by atoms with van der Waals surface area (Å²) in [4.78, 5) is 4.54. The third-order valence-corrected chi connectivity index (χ3v) is 4.62. The van der Waals surface area contributed by atoms with E-state index in [4.69, 9.17) is 5.73 Å². The van der Waals surface area contributed by atoms with Crippen LogP contribution in [0.15, 0.2) is 41.3 Å². The number of rotatable bonds is 3. The van der Waals surface area contributed by atoms with Crippen molar-refractivity contribution in [2.24, 2.45) is 0 Å². The molecule has 0 atom stereocenters. The van der Waals surface area contributed by atoms with E-state index in [0.717, 1.165) is 5.69 Å². The lowest BCUT2D eigenvalue weighted by Crippen LogP contribution is -2.08. The summed E-state index contributed by atoms with van der Waals surface area (Å²) in [5.74, 6) is -0.0978. The van der Waals surface area contributed by atoms with Crippen molar-refractivity contribution in [2.75, 3.05) is 5.73 Å². The number of sulfone groups is 1. The van der Waals surface area contributed by atoms with Crippen LogP contribution in [0.4, 0.5) is 5.69 Å². The Hall–Kier alpha value is -1.88. The molecule has 1 heterocycles. The van der Waals surface area contributed by atoms with Crippen LogP contribution in [0.2, 0.25) is 0 Å². The molecular formula is C14H16N2O2S. The van der Waals surface area contributed by atoms with Gasteiger partial charge >= 0.3 is 0 Å². The van der Waals surface area contributed by atoms with Crippen molar-refractivity contribution in [3.05, 3.63) is 53.3 Å². The molecule has 19 heavy (non-hydrogen) atoms. The summed E-state index contributed by atoms with van der Waals surface area (Å²) in [6.45, 7) is 3.58. The van der Waals surface area contributed by atoms with Gasteiger partial charge in [0.2, 0.25) is 0 Å². The molecule has 0 radical (unpaired) electrons. The fourth-order valence-corrected chi connectivity index (χ4v) is 3.50. The van der Waals surface area contributed by atoms with Gasteiger partial charge in [0.05, 0.1) is 16.3 Å². The van der Waals surface area contributed by atoms with Gasteiger partial charge in [-0.15, -0.1) is 0 Å². The Bertz CT molecular complexity index is 709. The highest BCUT2D eigenvalue weighted by atomic mass is 32.2. The minimum Gasteiger partial charge on any atom is -0.399 e. The van der Waals surface area contributed by atoms with Crippen molar-refractivity contribution >= 4 is 15.5 Å². The highest BCUT2D eigenvalue weighted by Gasteiger charge is 2.18. The largest absolute Gasteiger partial charge is 0.399 e. The summed E-state index contributed by atoms with van der Waals surface area (Å²) in [6, 6.07) is 10.2. The molecule has 0 saturated carbocycles. The summed E-state index contributed by atoms with van der Waals surface area (Å²) in [7, 11) is -3.40. The Morgan fingerprint density at radius 1 is 1.16 bits per heavy atom. The molecule has 4 nitrogen and oxygen atoms in total. The van der Waals surface area contributed by atoms with Crippen LogP contribution in [-0.4, -0.2) is 13.4 Å². The first-order valence-corrected chi connectivity index (χ1v) is 7.55. The number of hydrogen-bond donors (Lipinski definition) is 1. The lowest BCUT2D eigenvalue weighted by Gasteiger charge is -2.08. The number of nitrogens with two attached hydrogens (primary N) is 1. The van der Waals surface area contributed by atoms with Crippen LogP contribution in [0, 0.1) is 13.8 Å². The molecule has 2 N–H and O–H groups in total. The monoisotopic (exact) mass is 276 g/mol. The second-order valence-electron chi connectivity index (χ2n) is 4.55. The summed E-state index contributed by atoms with van der Waals surface area (Å²) in [5, 5.41) is 0. The number of aromatic nitrogens is 1. The molecule has 0 aliphatic heterocycles. The molecule has 2 aromatic rings. The number of pyridine rings is 1. The van der Waals surface area contributed by atoms with E-state index in [9.17, 15) is 8.42 Å². The average molecular weight is 276 g/mol. The lowest BCUT2D eigenvalue weighted by molar-refractivity contribution is 0.594. The van der Waals surface area contributed by atoms with Gasteiger partial charge < -0.3 is 5.73 Å². The summed E-state index contributed by atoms with van der Waals surface area (Å²) < 4.78 is 24.7. The predicted molar refractivity (Wildman–Crippen MR) is 75.5 cm³/mol. The zero-order valence-electron chi connectivity index (χ0n) is 10.9. The fraction of sp³-hybridized carbons (Fsp3) is 0.214. The zero-order valence-corrected chi connectivity index (χ0v) is 11.7. The summed E-state index contributed by atoms with van der Waals surface area (Å²) in [5.41, 5.74) is 8.22. The summed E-state index contributed by atoms with van der Waals surface area (Å²) in [6.07, 6.45) is 0. The number of nitrogen functional groups attached to an aromatic ring is 1. The number of anilines is 1. The molecule has 0 amide bonds. The normalized spacial score (nSPS) is 11.5. The quantitative estimate of drug-likeness (QED) is 0.873. The zero-order chi connectivity index (χ0) is 14.0. The Labute approximate surface area is 113 Å². The molecular weight excluding hydrogens is 260 g/mol. The second kappa shape index (κ2) is 5.01. The number of benzene rings is 1. The fourth-order valence-electron chi connectivity index (χ4n) is 1.97. The maximum absolute atomic E-state index is 12.4. The van der Waals surface area contributed by atoms with Crippen LogP contribution in [-0.2, 0) is 15.6 Å². The van der Waals surface area contributed by atoms with Crippen molar-refractivity contribution in [3.8, 4) is 0 Å². The van der Waals surface area contributed by atoms with Crippen LogP contribution in [0.25, 0.3) is 0 Å². The van der Waals surface area contributed by atoms with Gasteiger partial charge in [0.1, 0.15) is 0 Å². The molecule has 0 spiro atoms. The van der Waals surface area contributed by atoms with E-state index in [1.165, 1.54) is 0 Å². The SMILES string of the molecule is Cc1cccc(CS(=O)(=O)c2ccc(N)cc2C)n1. The average Bonchev–Trinajstić information content (AvgIpc) is 2.27. The first-order valence-electron chi connectivity index (χ1n) is 5.90. The van der Waals surface area contributed by atoms with Gasteiger partial charge in [-0.1, -0.05) is 6.07 Å². The molecule has 0 saturated heterocycles. The molecule has 2 rings (SSSR count). The second-order valence-corrected chi connectivity index (χ2v) is 6.51. The van der Waals surface area contributed by atoms with E-state index in [-0.39, 0.29) is 5.75 Å². The van der Waals surface area contributed by atoms with Crippen molar-refractivity contribution in [3.63, 3.8) is 0 Å². The van der Waals surface area contributed by atoms with E-state index in [0.29, 0.717) is 21.8 Å². The molecule has 1 aromatic carbocycles. The first-order chi connectivity index (χ1) is 8.88. The van der Waals surface area contributed by atoms with Crippen molar-refractivity contribution in [1.82, 2.24) is 4.98 Å². The van der Waals surface area contributed by atoms with E-state index >= 15 is 0 Å². The van der Waals surface area contributed by atoms with Crippen LogP contribution >= 0.6 is 0 Å². The van der Waals surface area contributed by atoms with E-state index in [1.807, 2.05) is 19.1 Å². The van der Waals surface area contributed by atoms with Gasteiger partial charge in [-0.25, -0.2) is 8.42 Å². The van der Waals surface area contributed by atoms with E-state index in [1.54, 1.807) is 31.2 Å². The van der Waals surface area contributed by atoms with Gasteiger partial charge in [-0.3, -0.25) is 4.98 Å². The van der Waals surface area contributed by atoms with Gasteiger partial charge in [0.25, 0.3) is 0 Å². The van der Waals surface area contributed by atoms with Crippen LogP contribution in [0.3, 0.4) is 0 Å². The molecule has 0 fully saturated rings. The molecule has 0 bridgehead atoms. The van der Waals surface area contributed by atoms with Crippen molar-refractivity contribution < 1.29 is 8.42 Å². The molecule has 5 heteroatoms. The van der Waals surface area contributed by atoms with E-state index < -0.39 is 9.84 Å². The van der Waals surface area contributed by atoms with Crippen LogP contribution in [0.1, 0.15) is 17.0 Å².